The molecule has 1 unspecified atom stereocenters. The van der Waals surface area contributed by atoms with E-state index < -0.39 is 40.3 Å². The van der Waals surface area contributed by atoms with E-state index in [4.69, 9.17) is 4.74 Å². The molecule has 0 aliphatic heterocycles. The SMILES string of the molecule is CS(=O)Nc1nc2ccc(Oc3ccc(NC(=O)Nc4cc(C(F)(F)F)ccc4F)nc3)cc2n1Cc1ccccc1. The number of hydrogen-bond donors (Lipinski definition) is 3. The Bertz CT molecular complexity index is 1760. The summed E-state index contributed by atoms with van der Waals surface area (Å²) in [5.74, 6) is 0.245. The Hall–Kier alpha value is -4.98. The summed E-state index contributed by atoms with van der Waals surface area (Å²) < 4.78 is 75.3. The van der Waals surface area contributed by atoms with Crippen LogP contribution in [0, 0.1) is 5.82 Å². The van der Waals surface area contributed by atoms with Gasteiger partial charge in [-0.05, 0) is 48.0 Å². The third-order valence-electron chi connectivity index (χ3n) is 5.89. The molecular formula is C28H22F4N6O3S. The summed E-state index contributed by atoms with van der Waals surface area (Å²) in [6.45, 7) is 0.467. The molecule has 0 bridgehead atoms. The maximum Gasteiger partial charge on any atom is 0.416 e. The van der Waals surface area contributed by atoms with Crippen LogP contribution in [0.5, 0.6) is 11.5 Å². The third-order valence-corrected chi connectivity index (χ3v) is 6.36. The van der Waals surface area contributed by atoms with Crippen molar-refractivity contribution in [1.29, 1.82) is 0 Å². The first-order valence-corrected chi connectivity index (χ1v) is 13.8. The van der Waals surface area contributed by atoms with Gasteiger partial charge >= 0.3 is 12.2 Å². The van der Waals surface area contributed by atoms with E-state index >= 15 is 0 Å². The number of hydrogen-bond acceptors (Lipinski definition) is 5. The highest BCUT2D eigenvalue weighted by atomic mass is 32.2. The van der Waals surface area contributed by atoms with Gasteiger partial charge in [0.2, 0.25) is 5.95 Å². The zero-order chi connectivity index (χ0) is 29.9. The number of urea groups is 1. The summed E-state index contributed by atoms with van der Waals surface area (Å²) in [4.78, 5) is 20.9. The Kier molecular flexibility index (Phi) is 8.06. The van der Waals surface area contributed by atoms with Crippen LogP contribution in [0.2, 0.25) is 0 Å². The van der Waals surface area contributed by atoms with Gasteiger partial charge in [-0.15, -0.1) is 0 Å². The second-order valence-electron chi connectivity index (χ2n) is 8.97. The van der Waals surface area contributed by atoms with Crippen LogP contribution in [0.25, 0.3) is 11.0 Å². The van der Waals surface area contributed by atoms with Crippen molar-refractivity contribution in [2.24, 2.45) is 0 Å². The highest BCUT2D eigenvalue weighted by Gasteiger charge is 2.31. The molecule has 5 aromatic rings. The molecule has 0 saturated carbocycles. The van der Waals surface area contributed by atoms with Gasteiger partial charge in [0.25, 0.3) is 0 Å². The number of rotatable bonds is 8. The fourth-order valence-corrected chi connectivity index (χ4v) is 4.43. The van der Waals surface area contributed by atoms with Crippen molar-refractivity contribution in [2.45, 2.75) is 12.7 Å². The minimum Gasteiger partial charge on any atom is -0.456 e. The maximum atomic E-state index is 13.9. The first kappa shape index (κ1) is 28.5. The Morgan fingerprint density at radius 3 is 2.43 bits per heavy atom. The average molecular weight is 599 g/mol. The van der Waals surface area contributed by atoms with Gasteiger partial charge in [-0.25, -0.2) is 23.4 Å². The van der Waals surface area contributed by atoms with Crippen molar-refractivity contribution < 1.29 is 31.3 Å². The minimum atomic E-state index is -4.70. The number of amides is 2. The third kappa shape index (κ3) is 6.83. The van der Waals surface area contributed by atoms with Gasteiger partial charge in [-0.1, -0.05) is 30.3 Å². The van der Waals surface area contributed by atoms with Crippen LogP contribution in [0.1, 0.15) is 11.1 Å². The van der Waals surface area contributed by atoms with Crippen molar-refractivity contribution in [1.82, 2.24) is 14.5 Å². The number of nitrogens with zero attached hydrogens (tertiary/aromatic N) is 3. The van der Waals surface area contributed by atoms with E-state index in [0.717, 1.165) is 11.1 Å². The van der Waals surface area contributed by atoms with Gasteiger partial charge in [-0.3, -0.25) is 10.0 Å². The smallest absolute Gasteiger partial charge is 0.416 e. The lowest BCUT2D eigenvalue weighted by Crippen LogP contribution is -2.21. The molecule has 3 aromatic carbocycles. The van der Waals surface area contributed by atoms with Gasteiger partial charge in [0.1, 0.15) is 34.1 Å². The number of aromatic nitrogens is 3. The van der Waals surface area contributed by atoms with Crippen molar-refractivity contribution >= 4 is 45.5 Å². The second kappa shape index (κ2) is 11.9. The lowest BCUT2D eigenvalue weighted by molar-refractivity contribution is -0.137. The van der Waals surface area contributed by atoms with Crippen molar-refractivity contribution in [3.8, 4) is 11.5 Å². The molecule has 0 saturated heterocycles. The minimum absolute atomic E-state index is 0.0481. The van der Waals surface area contributed by atoms with E-state index in [9.17, 15) is 26.6 Å². The first-order valence-electron chi connectivity index (χ1n) is 12.3. The van der Waals surface area contributed by atoms with E-state index in [1.807, 2.05) is 34.9 Å². The quantitative estimate of drug-likeness (QED) is 0.171. The lowest BCUT2D eigenvalue weighted by atomic mass is 10.2. The highest BCUT2D eigenvalue weighted by molar-refractivity contribution is 7.85. The molecule has 9 nitrogen and oxygen atoms in total. The summed E-state index contributed by atoms with van der Waals surface area (Å²) in [7, 11) is -1.34. The number of imidazole rings is 1. The van der Waals surface area contributed by atoms with Gasteiger partial charge in [0.05, 0.1) is 35.0 Å². The maximum absolute atomic E-state index is 13.9. The fraction of sp³-hybridized carbons (Fsp3) is 0.107. The number of benzene rings is 3. The average Bonchev–Trinajstić information content (AvgIpc) is 3.26. The number of halogens is 4. The number of nitrogens with one attached hydrogen (secondary N) is 3. The zero-order valence-corrected chi connectivity index (χ0v) is 22.6. The molecule has 42 heavy (non-hydrogen) atoms. The predicted molar refractivity (Wildman–Crippen MR) is 151 cm³/mol. The highest BCUT2D eigenvalue weighted by Crippen LogP contribution is 2.32. The number of alkyl halides is 3. The van der Waals surface area contributed by atoms with Crippen molar-refractivity contribution in [3.63, 3.8) is 0 Å². The number of fused-ring (bicyclic) bond motifs is 1. The van der Waals surface area contributed by atoms with Gasteiger partial charge in [0, 0.05) is 12.3 Å². The van der Waals surface area contributed by atoms with Crippen LogP contribution in [-0.2, 0) is 23.7 Å². The van der Waals surface area contributed by atoms with Crippen LogP contribution >= 0.6 is 0 Å². The number of carbonyl (C=O) groups is 1. The second-order valence-corrected chi connectivity index (χ2v) is 10.1. The van der Waals surface area contributed by atoms with Crippen molar-refractivity contribution in [2.75, 3.05) is 21.6 Å². The molecule has 2 aromatic heterocycles. The van der Waals surface area contributed by atoms with Crippen molar-refractivity contribution in [3.05, 3.63) is 102 Å². The molecule has 0 aliphatic carbocycles. The number of carbonyl (C=O) groups excluding carboxylic acids is 1. The standard InChI is InChI=1S/C28H22F4N6O3S/c1-42(40)37-26-34-22-11-8-19(14-24(22)38(26)16-17-5-3-2-4-6-17)41-20-9-12-25(33-15-20)36-27(39)35-23-13-18(28(30,31)32)7-10-21(23)29/h2-15H,16H2,1H3,(H,34,37)(H2,33,35,36,39). The molecular weight excluding hydrogens is 576 g/mol. The fourth-order valence-electron chi connectivity index (χ4n) is 4.02. The Morgan fingerprint density at radius 2 is 1.74 bits per heavy atom. The van der Waals surface area contributed by atoms with E-state index in [1.54, 1.807) is 18.2 Å². The molecule has 2 amide bonds. The molecule has 0 radical (unpaired) electrons. The van der Waals surface area contributed by atoms with E-state index in [1.165, 1.54) is 24.6 Å². The molecule has 3 N–H and O–H groups in total. The van der Waals surface area contributed by atoms with Crippen LogP contribution in [-0.4, -0.2) is 31.0 Å². The van der Waals surface area contributed by atoms with Crippen LogP contribution in [0.4, 0.5) is 39.8 Å². The predicted octanol–water partition coefficient (Wildman–Crippen LogP) is 6.78. The van der Waals surface area contributed by atoms with Crippen LogP contribution in [0.15, 0.2) is 85.1 Å². The molecule has 2 heterocycles. The molecule has 0 fully saturated rings. The van der Waals surface area contributed by atoms with E-state index in [-0.39, 0.29) is 5.82 Å². The van der Waals surface area contributed by atoms with E-state index in [2.05, 4.69) is 25.3 Å². The Morgan fingerprint density at radius 1 is 0.976 bits per heavy atom. The summed E-state index contributed by atoms with van der Waals surface area (Å²) in [5.41, 5.74) is 0.669. The van der Waals surface area contributed by atoms with Crippen LogP contribution < -0.4 is 20.1 Å². The Labute approximate surface area is 239 Å². The molecule has 5 rings (SSSR count). The summed E-state index contributed by atoms with van der Waals surface area (Å²) in [5, 5.41) is 4.38. The largest absolute Gasteiger partial charge is 0.456 e. The molecule has 14 heteroatoms. The van der Waals surface area contributed by atoms with Gasteiger partial charge in [-0.2, -0.15) is 13.2 Å². The normalized spacial score (nSPS) is 12.1. The summed E-state index contributed by atoms with van der Waals surface area (Å²) in [6.07, 6.45) is -1.85. The zero-order valence-electron chi connectivity index (χ0n) is 21.8. The first-order chi connectivity index (χ1) is 20.0. The Balaban J connectivity index is 1.30. The summed E-state index contributed by atoms with van der Waals surface area (Å²) >= 11 is 0. The molecule has 0 spiro atoms. The number of pyridine rings is 1. The topological polar surface area (TPSA) is 110 Å². The van der Waals surface area contributed by atoms with Crippen LogP contribution in [0.3, 0.4) is 0 Å². The monoisotopic (exact) mass is 598 g/mol. The van der Waals surface area contributed by atoms with Gasteiger partial charge < -0.3 is 14.6 Å². The molecule has 0 aliphatic rings. The van der Waals surface area contributed by atoms with Gasteiger partial charge in [0.15, 0.2) is 0 Å². The number of ether oxygens (including phenoxy) is 1. The van der Waals surface area contributed by atoms with E-state index in [0.29, 0.717) is 47.7 Å². The molecule has 216 valence electrons. The molecule has 1 atom stereocenters. The summed E-state index contributed by atoms with van der Waals surface area (Å²) in [6, 6.07) is 18.6. The number of anilines is 3. The lowest BCUT2D eigenvalue weighted by Gasteiger charge is -2.12.